The zero-order valence-corrected chi connectivity index (χ0v) is 12.0. The van der Waals surface area contributed by atoms with E-state index in [0.717, 1.165) is 34.7 Å². The second kappa shape index (κ2) is 5.36. The maximum atomic E-state index is 11.1. The van der Waals surface area contributed by atoms with Gasteiger partial charge in [0.1, 0.15) is 5.69 Å². The Kier molecular flexibility index (Phi) is 3.39. The van der Waals surface area contributed by atoms with E-state index in [4.69, 9.17) is 0 Å². The number of amides is 1. The molecule has 0 spiro atoms. The molecule has 2 heterocycles. The van der Waals surface area contributed by atoms with Crippen molar-refractivity contribution in [3.05, 3.63) is 42.1 Å². The molecule has 0 aliphatic carbocycles. The van der Waals surface area contributed by atoms with Gasteiger partial charge in [0.2, 0.25) is 5.91 Å². The van der Waals surface area contributed by atoms with E-state index in [1.165, 1.54) is 12.5 Å². The number of anilines is 1. The highest BCUT2D eigenvalue weighted by atomic mass is 16.1. The molecule has 2 N–H and O–H groups in total. The van der Waals surface area contributed by atoms with Crippen LogP contribution < -0.4 is 5.32 Å². The Hall–Kier alpha value is -2.69. The van der Waals surface area contributed by atoms with Gasteiger partial charge in [0.25, 0.3) is 0 Å². The molecule has 1 aromatic carbocycles. The fraction of sp³-hybridized carbons (Fsp3) is 0.188. The summed E-state index contributed by atoms with van der Waals surface area (Å²) in [5.74, 6) is 0.638. The first kappa shape index (κ1) is 13.3. The largest absolute Gasteiger partial charge is 0.337 e. The summed E-state index contributed by atoms with van der Waals surface area (Å²) in [5, 5.41) is 2.76. The maximum Gasteiger partial charge on any atom is 0.221 e. The monoisotopic (exact) mass is 280 g/mol. The molecule has 2 aromatic heterocycles. The molecule has 1 amide bonds. The molecule has 0 fully saturated rings. The summed E-state index contributed by atoms with van der Waals surface area (Å²) in [6.07, 6.45) is 2.83. The Balaban J connectivity index is 1.97. The number of H-pyrrole nitrogens is 1. The SMILES string of the molecule is CCc1ccc(-c2nc3ccc(NC(C)=O)cc3[nH]2)nc1. The lowest BCUT2D eigenvalue weighted by Crippen LogP contribution is -2.05. The van der Waals surface area contributed by atoms with E-state index < -0.39 is 0 Å². The highest BCUT2D eigenvalue weighted by Crippen LogP contribution is 2.22. The lowest BCUT2D eigenvalue weighted by Gasteiger charge is -2.00. The predicted octanol–water partition coefficient (Wildman–Crippen LogP) is 3.15. The number of imidazole rings is 1. The molecule has 21 heavy (non-hydrogen) atoms. The van der Waals surface area contributed by atoms with E-state index in [1.807, 2.05) is 30.5 Å². The van der Waals surface area contributed by atoms with E-state index in [2.05, 4.69) is 33.3 Å². The molecule has 0 aliphatic rings. The average Bonchev–Trinajstić information content (AvgIpc) is 2.90. The minimum absolute atomic E-state index is 0.0918. The Morgan fingerprint density at radius 1 is 1.29 bits per heavy atom. The number of fused-ring (bicyclic) bond motifs is 1. The van der Waals surface area contributed by atoms with E-state index in [0.29, 0.717) is 0 Å². The van der Waals surface area contributed by atoms with Gasteiger partial charge in [0.05, 0.1) is 11.0 Å². The molecule has 0 saturated carbocycles. The summed E-state index contributed by atoms with van der Waals surface area (Å²) >= 11 is 0. The Bertz CT molecular complexity index is 790. The van der Waals surface area contributed by atoms with Crippen LogP contribution in [-0.2, 0) is 11.2 Å². The minimum Gasteiger partial charge on any atom is -0.337 e. The van der Waals surface area contributed by atoms with Crippen LogP contribution in [0.5, 0.6) is 0 Å². The third kappa shape index (κ3) is 2.76. The Morgan fingerprint density at radius 3 is 2.81 bits per heavy atom. The molecule has 5 nitrogen and oxygen atoms in total. The summed E-state index contributed by atoms with van der Waals surface area (Å²) in [6, 6.07) is 9.60. The van der Waals surface area contributed by atoms with Crippen molar-refractivity contribution in [2.45, 2.75) is 20.3 Å². The van der Waals surface area contributed by atoms with Gasteiger partial charge in [-0.05, 0) is 36.2 Å². The fourth-order valence-corrected chi connectivity index (χ4v) is 2.19. The standard InChI is InChI=1S/C16H16N4O/c1-3-11-4-6-14(17-9-11)16-19-13-7-5-12(18-10(2)21)8-15(13)20-16/h4-9H,3H2,1-2H3,(H,18,21)(H,19,20). The number of carbonyl (C=O) groups is 1. The van der Waals surface area contributed by atoms with Gasteiger partial charge in [-0.25, -0.2) is 4.98 Å². The molecule has 5 heteroatoms. The van der Waals surface area contributed by atoms with Crippen LogP contribution >= 0.6 is 0 Å². The van der Waals surface area contributed by atoms with Crippen molar-refractivity contribution in [3.8, 4) is 11.5 Å². The number of hydrogen-bond donors (Lipinski definition) is 2. The zero-order valence-electron chi connectivity index (χ0n) is 12.0. The number of pyridine rings is 1. The van der Waals surface area contributed by atoms with Crippen molar-refractivity contribution >= 4 is 22.6 Å². The van der Waals surface area contributed by atoms with Gasteiger partial charge in [0.15, 0.2) is 5.82 Å². The summed E-state index contributed by atoms with van der Waals surface area (Å²) < 4.78 is 0. The number of aromatic nitrogens is 3. The molecule has 0 radical (unpaired) electrons. The molecule has 0 saturated heterocycles. The van der Waals surface area contributed by atoms with E-state index in [9.17, 15) is 4.79 Å². The van der Waals surface area contributed by atoms with Crippen LogP contribution in [0.2, 0.25) is 0 Å². The number of aromatic amines is 1. The molecular weight excluding hydrogens is 264 g/mol. The van der Waals surface area contributed by atoms with Gasteiger partial charge in [-0.3, -0.25) is 9.78 Å². The van der Waals surface area contributed by atoms with Crippen molar-refractivity contribution in [1.82, 2.24) is 15.0 Å². The number of carbonyl (C=O) groups excluding carboxylic acids is 1. The number of nitrogens with one attached hydrogen (secondary N) is 2. The average molecular weight is 280 g/mol. The predicted molar refractivity (Wildman–Crippen MR) is 83.0 cm³/mol. The van der Waals surface area contributed by atoms with E-state index in [-0.39, 0.29) is 5.91 Å². The molecule has 106 valence electrons. The van der Waals surface area contributed by atoms with Gasteiger partial charge < -0.3 is 10.3 Å². The highest BCUT2D eigenvalue weighted by molar-refractivity contribution is 5.91. The second-order valence-electron chi connectivity index (χ2n) is 4.90. The lowest BCUT2D eigenvalue weighted by atomic mass is 10.2. The zero-order chi connectivity index (χ0) is 14.8. The van der Waals surface area contributed by atoms with Gasteiger partial charge in [-0.1, -0.05) is 13.0 Å². The fourth-order valence-electron chi connectivity index (χ4n) is 2.19. The molecule has 0 bridgehead atoms. The number of hydrogen-bond acceptors (Lipinski definition) is 3. The Labute approximate surface area is 122 Å². The molecule has 3 rings (SSSR count). The lowest BCUT2D eigenvalue weighted by molar-refractivity contribution is -0.114. The number of rotatable bonds is 3. The van der Waals surface area contributed by atoms with Crippen LogP contribution in [0.25, 0.3) is 22.6 Å². The van der Waals surface area contributed by atoms with Gasteiger partial charge in [-0.2, -0.15) is 0 Å². The maximum absolute atomic E-state index is 11.1. The van der Waals surface area contributed by atoms with Crippen LogP contribution in [0.4, 0.5) is 5.69 Å². The molecule has 0 aliphatic heterocycles. The third-order valence-corrected chi connectivity index (χ3v) is 3.28. The minimum atomic E-state index is -0.0918. The van der Waals surface area contributed by atoms with Gasteiger partial charge in [0, 0.05) is 18.8 Å². The normalized spacial score (nSPS) is 10.8. The third-order valence-electron chi connectivity index (χ3n) is 3.28. The molecule has 0 unspecified atom stereocenters. The van der Waals surface area contributed by atoms with E-state index >= 15 is 0 Å². The van der Waals surface area contributed by atoms with Crippen molar-refractivity contribution in [2.75, 3.05) is 5.32 Å². The molecule has 3 aromatic rings. The summed E-state index contributed by atoms with van der Waals surface area (Å²) in [4.78, 5) is 23.3. The van der Waals surface area contributed by atoms with Crippen molar-refractivity contribution in [3.63, 3.8) is 0 Å². The van der Waals surface area contributed by atoms with Crippen LogP contribution in [0.3, 0.4) is 0 Å². The van der Waals surface area contributed by atoms with Crippen molar-refractivity contribution in [1.29, 1.82) is 0 Å². The second-order valence-corrected chi connectivity index (χ2v) is 4.90. The first-order valence-corrected chi connectivity index (χ1v) is 6.88. The summed E-state index contributed by atoms with van der Waals surface area (Å²) in [6.45, 7) is 3.59. The summed E-state index contributed by atoms with van der Waals surface area (Å²) in [5.41, 5.74) is 4.48. The van der Waals surface area contributed by atoms with Gasteiger partial charge in [-0.15, -0.1) is 0 Å². The topological polar surface area (TPSA) is 70.7 Å². The summed E-state index contributed by atoms with van der Waals surface area (Å²) in [7, 11) is 0. The number of nitrogens with zero attached hydrogens (tertiary/aromatic N) is 2. The first-order valence-electron chi connectivity index (χ1n) is 6.88. The first-order chi connectivity index (χ1) is 10.2. The smallest absolute Gasteiger partial charge is 0.221 e. The van der Waals surface area contributed by atoms with Crippen LogP contribution in [-0.4, -0.2) is 20.9 Å². The van der Waals surface area contributed by atoms with Crippen LogP contribution in [0.15, 0.2) is 36.5 Å². The quantitative estimate of drug-likeness (QED) is 0.774. The number of aryl methyl sites for hydroxylation is 1. The molecular formula is C16H16N4O. The Morgan fingerprint density at radius 2 is 2.14 bits per heavy atom. The van der Waals surface area contributed by atoms with Crippen molar-refractivity contribution < 1.29 is 4.79 Å². The van der Waals surface area contributed by atoms with Crippen LogP contribution in [0, 0.1) is 0 Å². The van der Waals surface area contributed by atoms with Crippen molar-refractivity contribution in [2.24, 2.45) is 0 Å². The van der Waals surface area contributed by atoms with E-state index in [1.54, 1.807) is 0 Å². The van der Waals surface area contributed by atoms with Crippen LogP contribution in [0.1, 0.15) is 19.4 Å². The number of benzene rings is 1. The molecule has 0 atom stereocenters. The van der Waals surface area contributed by atoms with Gasteiger partial charge >= 0.3 is 0 Å². The highest BCUT2D eigenvalue weighted by Gasteiger charge is 2.07.